The summed E-state index contributed by atoms with van der Waals surface area (Å²) in [5.41, 5.74) is 1.66. The van der Waals surface area contributed by atoms with Crippen LogP contribution in [0.2, 0.25) is 19.6 Å². The summed E-state index contributed by atoms with van der Waals surface area (Å²) < 4.78 is 5.63. The van der Waals surface area contributed by atoms with E-state index in [4.69, 9.17) is 4.43 Å². The predicted octanol–water partition coefficient (Wildman–Crippen LogP) is 2.73. The van der Waals surface area contributed by atoms with Gasteiger partial charge in [-0.1, -0.05) is 34.1 Å². The Balaban J connectivity index is 1.78. The molecule has 0 spiro atoms. The Labute approximate surface area is 172 Å². The van der Waals surface area contributed by atoms with Gasteiger partial charge in [0.2, 0.25) is 8.32 Å². The van der Waals surface area contributed by atoms with Crippen LogP contribution < -0.4 is 5.32 Å². The molecule has 6 nitrogen and oxygen atoms in total. The third kappa shape index (κ3) is 4.14. The number of hydrogen-bond acceptors (Lipinski definition) is 5. The quantitative estimate of drug-likeness (QED) is 0.408. The van der Waals surface area contributed by atoms with Gasteiger partial charge < -0.3 is 9.74 Å². The number of halogens is 1. The molecular formula is C18H21BrN2O4SSi. The molecule has 1 aromatic rings. The van der Waals surface area contributed by atoms with Gasteiger partial charge in [0, 0.05) is 16.6 Å². The average molecular weight is 469 g/mol. The highest BCUT2D eigenvalue weighted by Crippen LogP contribution is 2.41. The third-order valence-electron chi connectivity index (χ3n) is 4.12. The number of hydrogen-bond donors (Lipinski definition) is 1. The highest BCUT2D eigenvalue weighted by Gasteiger charge is 2.54. The van der Waals surface area contributed by atoms with Crippen LogP contribution in [-0.4, -0.2) is 53.5 Å². The van der Waals surface area contributed by atoms with Crippen LogP contribution in [0.3, 0.4) is 0 Å². The van der Waals surface area contributed by atoms with E-state index in [2.05, 4.69) is 21.2 Å². The van der Waals surface area contributed by atoms with Crippen molar-refractivity contribution in [2.24, 2.45) is 0 Å². The molecule has 0 aromatic heterocycles. The van der Waals surface area contributed by atoms with Crippen molar-refractivity contribution in [2.45, 2.75) is 31.1 Å². The first-order valence-electron chi connectivity index (χ1n) is 8.55. The maximum Gasteiger partial charge on any atom is 0.341 e. The first-order valence-corrected chi connectivity index (χ1v) is 14.1. The molecule has 1 unspecified atom stereocenters. The number of nitrogens with zero attached hydrogens (tertiary/aromatic N) is 1. The van der Waals surface area contributed by atoms with Gasteiger partial charge in [0.15, 0.2) is 0 Å². The number of fused-ring (bicyclic) bond motifs is 1. The van der Waals surface area contributed by atoms with E-state index in [1.165, 1.54) is 16.7 Å². The lowest BCUT2D eigenvalue weighted by Crippen LogP contribution is -2.70. The Bertz CT molecular complexity index is 809. The molecule has 144 valence electrons. The minimum atomic E-state index is -2.10. The van der Waals surface area contributed by atoms with E-state index in [9.17, 15) is 14.4 Å². The monoisotopic (exact) mass is 468 g/mol. The number of carbonyl (C=O) groups excluding carboxylic acids is 3. The number of nitrogens with one attached hydrogen (secondary N) is 1. The van der Waals surface area contributed by atoms with Crippen LogP contribution in [-0.2, 0) is 14.0 Å². The second-order valence-corrected chi connectivity index (χ2v) is 13.4. The van der Waals surface area contributed by atoms with Gasteiger partial charge >= 0.3 is 5.97 Å². The molecule has 9 heteroatoms. The predicted molar refractivity (Wildman–Crippen MR) is 111 cm³/mol. The molecule has 2 amide bonds. The number of β-lactam (4-membered cyclic amide) rings is 1. The van der Waals surface area contributed by atoms with Gasteiger partial charge in [-0.3, -0.25) is 14.5 Å². The van der Waals surface area contributed by atoms with Gasteiger partial charge in [0.05, 0.1) is 0 Å². The van der Waals surface area contributed by atoms with Crippen LogP contribution in [0, 0.1) is 0 Å². The average Bonchev–Trinajstić information content (AvgIpc) is 2.63. The maximum atomic E-state index is 12.8. The molecule has 1 saturated heterocycles. The molecule has 1 fully saturated rings. The minimum Gasteiger partial charge on any atom is -0.515 e. The van der Waals surface area contributed by atoms with Crippen LogP contribution in [0.25, 0.3) is 0 Å². The fourth-order valence-corrected chi connectivity index (χ4v) is 5.64. The summed E-state index contributed by atoms with van der Waals surface area (Å²) in [7, 11) is -2.10. The minimum absolute atomic E-state index is 0.280. The summed E-state index contributed by atoms with van der Waals surface area (Å²) in [6, 6.07) is 8.12. The Hall–Kier alpha value is -1.58. The molecule has 0 aliphatic carbocycles. The van der Waals surface area contributed by atoms with E-state index < -0.39 is 20.3 Å². The highest BCUT2D eigenvalue weighted by molar-refractivity contribution is 9.09. The number of alkyl halides is 1. The van der Waals surface area contributed by atoms with Gasteiger partial charge in [-0.2, -0.15) is 0 Å². The molecule has 1 N–H and O–H groups in total. The van der Waals surface area contributed by atoms with Crippen molar-refractivity contribution in [1.82, 2.24) is 10.2 Å². The van der Waals surface area contributed by atoms with Crippen LogP contribution >= 0.6 is 27.7 Å². The zero-order valence-electron chi connectivity index (χ0n) is 15.3. The van der Waals surface area contributed by atoms with Crippen molar-refractivity contribution in [3.63, 3.8) is 0 Å². The van der Waals surface area contributed by atoms with E-state index in [0.717, 1.165) is 5.57 Å². The Kier molecular flexibility index (Phi) is 5.83. The van der Waals surface area contributed by atoms with E-state index in [1.807, 2.05) is 25.7 Å². The molecule has 0 bridgehead atoms. The summed E-state index contributed by atoms with van der Waals surface area (Å²) in [6.45, 7) is 5.78. The number of rotatable bonds is 5. The molecular weight excluding hydrogens is 448 g/mol. The second kappa shape index (κ2) is 7.81. The van der Waals surface area contributed by atoms with Crippen LogP contribution in [0.5, 0.6) is 0 Å². The van der Waals surface area contributed by atoms with Gasteiger partial charge in [0.1, 0.15) is 17.1 Å². The van der Waals surface area contributed by atoms with E-state index in [1.54, 1.807) is 24.3 Å². The lowest BCUT2D eigenvalue weighted by molar-refractivity contribution is -0.148. The Morgan fingerprint density at radius 2 is 1.96 bits per heavy atom. The topological polar surface area (TPSA) is 75.7 Å². The highest BCUT2D eigenvalue weighted by atomic mass is 79.9. The number of benzene rings is 1. The van der Waals surface area contributed by atoms with E-state index >= 15 is 0 Å². The molecule has 2 aliphatic rings. The van der Waals surface area contributed by atoms with Gasteiger partial charge in [-0.25, -0.2) is 4.79 Å². The lowest BCUT2D eigenvalue weighted by Gasteiger charge is -2.50. The summed E-state index contributed by atoms with van der Waals surface area (Å²) in [5.74, 6) is -0.420. The fraction of sp³-hybridized carbons (Fsp3) is 0.389. The molecule has 27 heavy (non-hydrogen) atoms. The second-order valence-electron chi connectivity index (χ2n) is 7.31. The largest absolute Gasteiger partial charge is 0.515 e. The van der Waals surface area contributed by atoms with Crippen molar-refractivity contribution in [3.8, 4) is 0 Å². The van der Waals surface area contributed by atoms with Crippen LogP contribution in [0.4, 0.5) is 0 Å². The van der Waals surface area contributed by atoms with Crippen LogP contribution in [0.15, 0.2) is 41.6 Å². The van der Waals surface area contributed by atoms with Crippen molar-refractivity contribution in [1.29, 1.82) is 0 Å². The van der Waals surface area contributed by atoms with Gasteiger partial charge in [-0.05, 0) is 37.3 Å². The molecule has 2 aliphatic heterocycles. The molecule has 0 saturated carbocycles. The smallest absolute Gasteiger partial charge is 0.341 e. The Morgan fingerprint density at radius 1 is 1.30 bits per heavy atom. The normalized spacial score (nSPS) is 22.1. The zero-order chi connectivity index (χ0) is 19.8. The number of carbonyl (C=O) groups is 3. The molecule has 1 aromatic carbocycles. The van der Waals surface area contributed by atoms with Gasteiger partial charge in [0.25, 0.3) is 11.8 Å². The van der Waals surface area contributed by atoms with Crippen molar-refractivity contribution < 1.29 is 18.8 Å². The summed E-state index contributed by atoms with van der Waals surface area (Å²) in [4.78, 5) is 39.3. The molecule has 2 atom stereocenters. The van der Waals surface area contributed by atoms with E-state index in [0.29, 0.717) is 22.3 Å². The summed E-state index contributed by atoms with van der Waals surface area (Å²) >= 11 is 4.94. The Morgan fingerprint density at radius 3 is 2.56 bits per heavy atom. The molecule has 0 radical (unpaired) electrons. The third-order valence-corrected chi connectivity index (χ3v) is 6.94. The maximum absolute atomic E-state index is 12.8. The standard InChI is InChI=1S/C18H21BrN2O4SSi/c1-27(2,3)25-18(24)14-12(9-19)10-26-17-13(16(23)21(14)17)20-15(22)11-7-5-4-6-8-11/h4-8,13,17H,9-10H2,1-3H3,(H,20,22)/t13?,17-/m1/s1. The fourth-order valence-electron chi connectivity index (χ4n) is 2.92. The first kappa shape index (κ1) is 20.2. The van der Waals surface area contributed by atoms with Crippen molar-refractivity contribution >= 4 is 53.8 Å². The van der Waals surface area contributed by atoms with Crippen LogP contribution in [0.1, 0.15) is 10.4 Å². The van der Waals surface area contributed by atoms with E-state index in [-0.39, 0.29) is 17.2 Å². The number of thioether (sulfide) groups is 1. The van der Waals surface area contributed by atoms with Gasteiger partial charge in [-0.15, -0.1) is 11.8 Å². The molecule has 3 rings (SSSR count). The first-order chi connectivity index (χ1) is 12.7. The molecule has 2 heterocycles. The lowest BCUT2D eigenvalue weighted by atomic mass is 10.0. The van der Waals surface area contributed by atoms with Crippen molar-refractivity contribution in [2.75, 3.05) is 11.1 Å². The number of amides is 2. The SMILES string of the molecule is C[Si](C)(C)OC(=O)C1=C(CBr)CS[C@@H]2C(NC(=O)c3ccccc3)C(=O)N12. The zero-order valence-corrected chi connectivity index (χ0v) is 18.7. The summed E-state index contributed by atoms with van der Waals surface area (Å²) in [6.07, 6.45) is 0. The van der Waals surface area contributed by atoms with Crippen molar-refractivity contribution in [3.05, 3.63) is 47.2 Å². The summed E-state index contributed by atoms with van der Waals surface area (Å²) in [5, 5.41) is 2.99.